The Bertz CT molecular complexity index is 856. The summed E-state index contributed by atoms with van der Waals surface area (Å²) in [4.78, 5) is 12.7. The van der Waals surface area contributed by atoms with E-state index in [4.69, 9.17) is 0 Å². The van der Waals surface area contributed by atoms with Crippen molar-refractivity contribution in [2.24, 2.45) is 0 Å². The Hall–Kier alpha value is -1.93. The largest absolute Gasteiger partial charge is 0.323 e. The van der Waals surface area contributed by atoms with Crippen LogP contribution in [0.3, 0.4) is 0 Å². The van der Waals surface area contributed by atoms with Crippen LogP contribution in [-0.2, 0) is 14.8 Å². The highest BCUT2D eigenvalue weighted by Gasteiger charge is 2.31. The first-order valence-electron chi connectivity index (χ1n) is 7.54. The van der Waals surface area contributed by atoms with Crippen molar-refractivity contribution in [1.82, 2.24) is 0 Å². The second-order valence-electron chi connectivity index (χ2n) is 5.43. The highest BCUT2D eigenvalue weighted by atomic mass is 79.9. The molecule has 0 bridgehead atoms. The quantitative estimate of drug-likeness (QED) is 0.761. The van der Waals surface area contributed by atoms with Gasteiger partial charge in [0.1, 0.15) is 11.9 Å². The minimum atomic E-state index is -3.75. The van der Waals surface area contributed by atoms with Gasteiger partial charge in [-0.2, -0.15) is 0 Å². The van der Waals surface area contributed by atoms with E-state index in [2.05, 4.69) is 21.2 Å². The molecule has 0 fully saturated rings. The van der Waals surface area contributed by atoms with Gasteiger partial charge in [0.15, 0.2) is 0 Å². The zero-order chi connectivity index (χ0) is 18.6. The number of benzene rings is 2. The van der Waals surface area contributed by atoms with E-state index in [0.29, 0.717) is 10.2 Å². The minimum Gasteiger partial charge on any atom is -0.323 e. The fourth-order valence-corrected chi connectivity index (χ4v) is 4.02. The number of halogens is 2. The summed E-state index contributed by atoms with van der Waals surface area (Å²) in [7, 11) is -3.75. The van der Waals surface area contributed by atoms with E-state index in [1.807, 2.05) is 0 Å². The van der Waals surface area contributed by atoms with Crippen LogP contribution in [0.1, 0.15) is 13.3 Å². The lowest BCUT2D eigenvalue weighted by molar-refractivity contribution is -0.117. The van der Waals surface area contributed by atoms with Crippen molar-refractivity contribution in [2.75, 3.05) is 15.9 Å². The van der Waals surface area contributed by atoms with Crippen molar-refractivity contribution in [3.63, 3.8) is 0 Å². The number of nitrogens with one attached hydrogen (secondary N) is 1. The molecule has 1 unspecified atom stereocenters. The number of carbonyl (C=O) groups is 1. The van der Waals surface area contributed by atoms with E-state index in [9.17, 15) is 17.6 Å². The molecular weight excluding hydrogens is 411 g/mol. The second-order valence-corrected chi connectivity index (χ2v) is 8.14. The lowest BCUT2D eigenvalue weighted by Crippen LogP contribution is -2.47. The first-order chi connectivity index (χ1) is 11.7. The number of sulfonamides is 1. The van der Waals surface area contributed by atoms with E-state index in [1.165, 1.54) is 12.1 Å². The van der Waals surface area contributed by atoms with Gasteiger partial charge in [-0.05, 0) is 58.7 Å². The van der Waals surface area contributed by atoms with Gasteiger partial charge < -0.3 is 5.32 Å². The maximum atomic E-state index is 13.2. The van der Waals surface area contributed by atoms with Gasteiger partial charge in [0.2, 0.25) is 15.9 Å². The van der Waals surface area contributed by atoms with Crippen molar-refractivity contribution in [1.29, 1.82) is 0 Å². The number of rotatable bonds is 6. The van der Waals surface area contributed by atoms with Gasteiger partial charge in [-0.15, -0.1) is 0 Å². The number of hydrogen-bond donors (Lipinski definition) is 1. The summed E-state index contributed by atoms with van der Waals surface area (Å²) >= 11 is 3.34. The molecule has 1 atom stereocenters. The Morgan fingerprint density at radius 3 is 2.32 bits per heavy atom. The van der Waals surface area contributed by atoms with Crippen molar-refractivity contribution >= 4 is 43.2 Å². The maximum absolute atomic E-state index is 13.2. The predicted octanol–water partition coefficient (Wildman–Crippen LogP) is 3.77. The second kappa shape index (κ2) is 7.97. The third-order valence-corrected chi connectivity index (χ3v) is 5.41. The molecule has 0 heterocycles. The Morgan fingerprint density at radius 2 is 1.80 bits per heavy atom. The smallest absolute Gasteiger partial charge is 0.248 e. The number of carbonyl (C=O) groups excluding carboxylic acids is 1. The molecule has 1 amide bonds. The molecule has 1 N–H and O–H groups in total. The Balaban J connectivity index is 2.38. The number of amides is 1. The molecule has 0 saturated heterocycles. The predicted molar refractivity (Wildman–Crippen MR) is 101 cm³/mol. The third-order valence-electron chi connectivity index (χ3n) is 3.54. The summed E-state index contributed by atoms with van der Waals surface area (Å²) in [6.07, 6.45) is 1.27. The van der Waals surface area contributed by atoms with Gasteiger partial charge >= 0.3 is 0 Å². The number of para-hydroxylation sites is 1. The van der Waals surface area contributed by atoms with Crippen LogP contribution >= 0.6 is 15.9 Å². The third kappa shape index (κ3) is 4.79. The Labute approximate surface area is 155 Å². The van der Waals surface area contributed by atoms with Crippen molar-refractivity contribution in [3.05, 3.63) is 58.8 Å². The first-order valence-corrected chi connectivity index (χ1v) is 10.2. The molecule has 2 rings (SSSR count). The molecule has 0 spiro atoms. The van der Waals surface area contributed by atoms with E-state index in [-0.39, 0.29) is 12.1 Å². The number of hydrogen-bond acceptors (Lipinski definition) is 3. The van der Waals surface area contributed by atoms with Crippen molar-refractivity contribution < 1.29 is 17.6 Å². The minimum absolute atomic E-state index is 0.234. The van der Waals surface area contributed by atoms with Crippen LogP contribution in [0.2, 0.25) is 0 Å². The van der Waals surface area contributed by atoms with Crippen LogP contribution in [0.25, 0.3) is 0 Å². The van der Waals surface area contributed by atoms with Crippen LogP contribution in [0.4, 0.5) is 15.8 Å². The molecule has 0 aliphatic heterocycles. The zero-order valence-corrected chi connectivity index (χ0v) is 16.1. The average molecular weight is 429 g/mol. The van der Waals surface area contributed by atoms with Crippen LogP contribution < -0.4 is 9.62 Å². The maximum Gasteiger partial charge on any atom is 0.248 e. The fourth-order valence-electron chi connectivity index (χ4n) is 2.43. The summed E-state index contributed by atoms with van der Waals surface area (Å²) in [5, 5.41) is 2.73. The summed E-state index contributed by atoms with van der Waals surface area (Å²) in [5.74, 6) is -0.952. The van der Waals surface area contributed by atoms with Crippen LogP contribution in [0.5, 0.6) is 0 Å². The normalized spacial score (nSPS) is 12.5. The molecule has 0 aliphatic carbocycles. The SMILES string of the molecule is CCC(C(=O)Nc1ccccc1Br)N(c1ccc(F)cc1)S(C)(=O)=O. The molecule has 2 aromatic carbocycles. The van der Waals surface area contributed by atoms with Gasteiger partial charge in [0.25, 0.3) is 0 Å². The van der Waals surface area contributed by atoms with Gasteiger partial charge in [-0.3, -0.25) is 9.10 Å². The van der Waals surface area contributed by atoms with Crippen LogP contribution in [-0.4, -0.2) is 26.6 Å². The molecule has 8 heteroatoms. The molecule has 2 aromatic rings. The topological polar surface area (TPSA) is 66.5 Å². The summed E-state index contributed by atoms with van der Waals surface area (Å²) in [5.41, 5.74) is 0.775. The van der Waals surface area contributed by atoms with Gasteiger partial charge in [-0.25, -0.2) is 12.8 Å². The highest BCUT2D eigenvalue weighted by molar-refractivity contribution is 9.10. The highest BCUT2D eigenvalue weighted by Crippen LogP contribution is 2.25. The fraction of sp³-hybridized carbons (Fsp3) is 0.235. The Morgan fingerprint density at radius 1 is 1.20 bits per heavy atom. The molecule has 0 saturated carbocycles. The van der Waals surface area contributed by atoms with E-state index in [0.717, 1.165) is 22.7 Å². The summed E-state index contributed by atoms with van der Waals surface area (Å²) in [6.45, 7) is 1.71. The molecule has 0 aliphatic rings. The molecule has 134 valence electrons. The van der Waals surface area contributed by atoms with E-state index < -0.39 is 27.8 Å². The molecule has 0 radical (unpaired) electrons. The number of nitrogens with zero attached hydrogens (tertiary/aromatic N) is 1. The monoisotopic (exact) mass is 428 g/mol. The van der Waals surface area contributed by atoms with Gasteiger partial charge in [-0.1, -0.05) is 19.1 Å². The number of anilines is 2. The Kier molecular flexibility index (Phi) is 6.18. The van der Waals surface area contributed by atoms with E-state index in [1.54, 1.807) is 31.2 Å². The molecular formula is C17H18BrFN2O3S. The lowest BCUT2D eigenvalue weighted by atomic mass is 10.2. The molecule has 25 heavy (non-hydrogen) atoms. The zero-order valence-electron chi connectivity index (χ0n) is 13.7. The van der Waals surface area contributed by atoms with Gasteiger partial charge in [0, 0.05) is 4.47 Å². The lowest BCUT2D eigenvalue weighted by Gasteiger charge is -2.30. The van der Waals surface area contributed by atoms with Gasteiger partial charge in [0.05, 0.1) is 17.6 Å². The standard InChI is InChI=1S/C17H18BrFN2O3S/c1-3-16(17(22)20-15-7-5-4-6-14(15)18)21(25(2,23)24)13-10-8-12(19)9-11-13/h4-11,16H,3H2,1-2H3,(H,20,22). The molecule has 5 nitrogen and oxygen atoms in total. The van der Waals surface area contributed by atoms with Crippen LogP contribution in [0, 0.1) is 5.82 Å². The first kappa shape index (κ1) is 19.4. The summed E-state index contributed by atoms with van der Waals surface area (Å²) < 4.78 is 39.4. The summed E-state index contributed by atoms with van der Waals surface area (Å²) in [6, 6.07) is 11.1. The average Bonchev–Trinajstić information content (AvgIpc) is 2.54. The van der Waals surface area contributed by atoms with E-state index >= 15 is 0 Å². The van der Waals surface area contributed by atoms with Crippen molar-refractivity contribution in [2.45, 2.75) is 19.4 Å². The van der Waals surface area contributed by atoms with Crippen LogP contribution in [0.15, 0.2) is 53.0 Å². The van der Waals surface area contributed by atoms with Crippen molar-refractivity contribution in [3.8, 4) is 0 Å². The molecule has 0 aromatic heterocycles.